The zero-order valence-electron chi connectivity index (χ0n) is 11.3. The maximum Gasteiger partial charge on any atom is 0.119 e. The summed E-state index contributed by atoms with van der Waals surface area (Å²) in [6, 6.07) is 8.37. The minimum Gasteiger partial charge on any atom is -0.497 e. The van der Waals surface area contributed by atoms with Crippen LogP contribution in [0, 0.1) is 0 Å². The van der Waals surface area contributed by atoms with Gasteiger partial charge in [0.1, 0.15) is 5.75 Å². The molecule has 0 aliphatic rings. The Bertz CT molecular complexity index is 329. The second-order valence-corrected chi connectivity index (χ2v) is 4.72. The van der Waals surface area contributed by atoms with Gasteiger partial charge in [-0.05, 0) is 30.5 Å². The zero-order valence-corrected chi connectivity index (χ0v) is 11.3. The fourth-order valence-electron chi connectivity index (χ4n) is 2.65. The molecule has 0 fully saturated rings. The molecule has 0 radical (unpaired) electrons. The topological polar surface area (TPSA) is 35.2 Å². The maximum absolute atomic E-state index is 6.06. The molecule has 0 aliphatic heterocycles. The monoisotopic (exact) mass is 235 g/mol. The highest BCUT2D eigenvalue weighted by molar-refractivity contribution is 5.34. The van der Waals surface area contributed by atoms with Gasteiger partial charge in [-0.1, -0.05) is 38.8 Å². The zero-order chi connectivity index (χ0) is 12.7. The number of benzene rings is 1. The van der Waals surface area contributed by atoms with Gasteiger partial charge in [0.15, 0.2) is 0 Å². The largest absolute Gasteiger partial charge is 0.497 e. The lowest BCUT2D eigenvalue weighted by molar-refractivity contribution is 0.361. The van der Waals surface area contributed by atoms with E-state index >= 15 is 0 Å². The maximum atomic E-state index is 6.06. The van der Waals surface area contributed by atoms with Gasteiger partial charge >= 0.3 is 0 Å². The van der Waals surface area contributed by atoms with E-state index in [4.69, 9.17) is 10.5 Å². The highest BCUT2D eigenvalue weighted by Gasteiger charge is 2.29. The lowest BCUT2D eigenvalue weighted by Gasteiger charge is -2.33. The molecule has 0 unspecified atom stereocenters. The van der Waals surface area contributed by atoms with Crippen LogP contribution in [0.15, 0.2) is 24.3 Å². The van der Waals surface area contributed by atoms with Gasteiger partial charge in [-0.15, -0.1) is 0 Å². The average Bonchev–Trinajstić information content (AvgIpc) is 2.38. The molecule has 0 aromatic heterocycles. The highest BCUT2D eigenvalue weighted by Crippen LogP contribution is 2.34. The van der Waals surface area contributed by atoms with Crippen molar-refractivity contribution in [3.8, 4) is 5.75 Å². The number of hydrogen-bond acceptors (Lipinski definition) is 2. The Balaban J connectivity index is 3.09. The van der Waals surface area contributed by atoms with Crippen LogP contribution in [0.4, 0.5) is 0 Å². The van der Waals surface area contributed by atoms with Gasteiger partial charge in [-0.2, -0.15) is 0 Å². The summed E-state index contributed by atoms with van der Waals surface area (Å²) < 4.78 is 5.31. The summed E-state index contributed by atoms with van der Waals surface area (Å²) in [7, 11) is 1.71. The van der Waals surface area contributed by atoms with Crippen LogP contribution in [0.5, 0.6) is 5.75 Å². The van der Waals surface area contributed by atoms with Gasteiger partial charge in [-0.25, -0.2) is 0 Å². The van der Waals surface area contributed by atoms with Gasteiger partial charge < -0.3 is 10.5 Å². The van der Waals surface area contributed by atoms with Crippen molar-refractivity contribution in [1.29, 1.82) is 0 Å². The molecule has 17 heavy (non-hydrogen) atoms. The Morgan fingerprint density at radius 1 is 1.18 bits per heavy atom. The van der Waals surface area contributed by atoms with Crippen LogP contribution < -0.4 is 10.5 Å². The van der Waals surface area contributed by atoms with E-state index in [-0.39, 0.29) is 5.41 Å². The van der Waals surface area contributed by atoms with Gasteiger partial charge in [0.2, 0.25) is 0 Å². The molecule has 96 valence electrons. The molecule has 0 spiro atoms. The summed E-state index contributed by atoms with van der Waals surface area (Å²) in [5, 5.41) is 0. The first kappa shape index (κ1) is 14.0. The second-order valence-electron chi connectivity index (χ2n) is 4.72. The van der Waals surface area contributed by atoms with Crippen LogP contribution in [0.25, 0.3) is 0 Å². The van der Waals surface area contributed by atoms with Crippen molar-refractivity contribution < 1.29 is 4.74 Å². The summed E-state index contributed by atoms with van der Waals surface area (Å²) in [4.78, 5) is 0. The van der Waals surface area contributed by atoms with Crippen molar-refractivity contribution in [2.24, 2.45) is 5.73 Å². The van der Waals surface area contributed by atoms with Crippen LogP contribution >= 0.6 is 0 Å². The number of nitrogens with two attached hydrogens (primary N) is 1. The number of ether oxygens (including phenoxy) is 1. The minimum absolute atomic E-state index is 0.123. The van der Waals surface area contributed by atoms with Gasteiger partial charge in [0, 0.05) is 12.0 Å². The summed E-state index contributed by atoms with van der Waals surface area (Å²) >= 11 is 0. The quantitative estimate of drug-likeness (QED) is 0.785. The first-order valence-corrected chi connectivity index (χ1v) is 6.57. The lowest BCUT2D eigenvalue weighted by atomic mass is 9.73. The first-order chi connectivity index (χ1) is 8.22. The van der Waals surface area contributed by atoms with E-state index < -0.39 is 0 Å². The summed E-state index contributed by atoms with van der Waals surface area (Å²) in [5.41, 5.74) is 7.51. The highest BCUT2D eigenvalue weighted by atomic mass is 16.5. The fourth-order valence-corrected chi connectivity index (χ4v) is 2.65. The van der Waals surface area contributed by atoms with Crippen molar-refractivity contribution in [3.05, 3.63) is 29.8 Å². The van der Waals surface area contributed by atoms with Crippen LogP contribution in [-0.4, -0.2) is 13.7 Å². The molecule has 0 bridgehead atoms. The molecule has 1 aromatic carbocycles. The molecule has 2 nitrogen and oxygen atoms in total. The van der Waals surface area contributed by atoms with Gasteiger partial charge in [0.05, 0.1) is 7.11 Å². The third-order valence-corrected chi connectivity index (χ3v) is 3.53. The molecule has 0 saturated carbocycles. The second kappa shape index (κ2) is 6.65. The molecule has 1 rings (SSSR count). The molecule has 0 saturated heterocycles. The minimum atomic E-state index is 0.123. The van der Waals surface area contributed by atoms with Gasteiger partial charge in [0.25, 0.3) is 0 Å². The number of methoxy groups -OCH3 is 1. The molecular formula is C15H25NO. The molecule has 2 heteroatoms. The Morgan fingerprint density at radius 2 is 1.82 bits per heavy atom. The predicted molar refractivity (Wildman–Crippen MR) is 73.5 cm³/mol. The van der Waals surface area contributed by atoms with E-state index in [9.17, 15) is 0 Å². The molecule has 0 amide bonds. The van der Waals surface area contributed by atoms with Crippen molar-refractivity contribution >= 4 is 0 Å². The third kappa shape index (κ3) is 3.22. The fraction of sp³-hybridized carbons (Fsp3) is 0.600. The van der Waals surface area contributed by atoms with E-state index in [0.29, 0.717) is 6.54 Å². The standard InChI is InChI=1S/C15H25NO/c1-4-9-15(12-16,10-5-2)13-7-6-8-14(11-13)17-3/h6-8,11H,4-5,9-10,12,16H2,1-3H3. The molecular weight excluding hydrogens is 210 g/mol. The Kier molecular flexibility index (Phi) is 5.49. The Hall–Kier alpha value is -1.02. The van der Waals surface area contributed by atoms with Crippen molar-refractivity contribution in [2.45, 2.75) is 44.9 Å². The van der Waals surface area contributed by atoms with E-state index in [1.165, 1.54) is 5.56 Å². The smallest absolute Gasteiger partial charge is 0.119 e. The van der Waals surface area contributed by atoms with Crippen LogP contribution in [0.2, 0.25) is 0 Å². The van der Waals surface area contributed by atoms with Crippen molar-refractivity contribution in [3.63, 3.8) is 0 Å². The van der Waals surface area contributed by atoms with E-state index in [1.807, 2.05) is 6.07 Å². The SMILES string of the molecule is CCCC(CN)(CCC)c1cccc(OC)c1. The lowest BCUT2D eigenvalue weighted by Crippen LogP contribution is -2.35. The molecule has 2 N–H and O–H groups in total. The number of hydrogen-bond donors (Lipinski definition) is 1. The van der Waals surface area contributed by atoms with Crippen molar-refractivity contribution in [1.82, 2.24) is 0 Å². The first-order valence-electron chi connectivity index (χ1n) is 6.57. The molecule has 1 aromatic rings. The van der Waals surface area contributed by atoms with Crippen molar-refractivity contribution in [2.75, 3.05) is 13.7 Å². The number of rotatable bonds is 7. The summed E-state index contributed by atoms with van der Waals surface area (Å²) in [6.45, 7) is 5.16. The average molecular weight is 235 g/mol. The predicted octanol–water partition coefficient (Wildman–Crippen LogP) is 3.49. The summed E-state index contributed by atoms with van der Waals surface area (Å²) in [5.74, 6) is 0.924. The van der Waals surface area contributed by atoms with Gasteiger partial charge in [-0.3, -0.25) is 0 Å². The normalized spacial score (nSPS) is 11.5. The summed E-state index contributed by atoms with van der Waals surface area (Å²) in [6.07, 6.45) is 4.61. The van der Waals surface area contributed by atoms with Crippen LogP contribution in [0.3, 0.4) is 0 Å². The van der Waals surface area contributed by atoms with Crippen LogP contribution in [-0.2, 0) is 5.41 Å². The van der Waals surface area contributed by atoms with E-state index in [2.05, 4.69) is 32.0 Å². The third-order valence-electron chi connectivity index (χ3n) is 3.53. The molecule has 0 atom stereocenters. The Labute approximate surface area is 105 Å². The molecule has 0 aliphatic carbocycles. The Morgan fingerprint density at radius 3 is 2.29 bits per heavy atom. The molecule has 0 heterocycles. The van der Waals surface area contributed by atoms with Crippen LogP contribution in [0.1, 0.15) is 45.1 Å². The van der Waals surface area contributed by atoms with E-state index in [0.717, 1.165) is 31.4 Å². The van der Waals surface area contributed by atoms with E-state index in [1.54, 1.807) is 7.11 Å².